The Morgan fingerprint density at radius 1 is 1.60 bits per heavy atom. The van der Waals surface area contributed by atoms with E-state index in [9.17, 15) is 5.11 Å². The average Bonchev–Trinajstić information content (AvgIpc) is 2.84. The average molecular weight is 208 g/mol. The molecular formula is C12H20N2O. The molecule has 0 aromatic carbocycles. The molecule has 0 aliphatic heterocycles. The van der Waals surface area contributed by atoms with Gasteiger partial charge in [0.25, 0.3) is 0 Å². The third-order valence-electron chi connectivity index (χ3n) is 3.69. The summed E-state index contributed by atoms with van der Waals surface area (Å²) in [4.78, 5) is 0. The Kier molecular flexibility index (Phi) is 3.10. The Morgan fingerprint density at radius 2 is 2.40 bits per heavy atom. The van der Waals surface area contributed by atoms with Gasteiger partial charge in [-0.25, -0.2) is 0 Å². The Balaban J connectivity index is 2.16. The van der Waals surface area contributed by atoms with Crippen molar-refractivity contribution in [2.75, 3.05) is 0 Å². The highest BCUT2D eigenvalue weighted by molar-refractivity contribution is 5.07. The van der Waals surface area contributed by atoms with Crippen molar-refractivity contribution in [3.8, 4) is 0 Å². The van der Waals surface area contributed by atoms with Crippen molar-refractivity contribution >= 4 is 0 Å². The Bertz CT molecular complexity index is 321. The fourth-order valence-corrected chi connectivity index (χ4v) is 2.72. The summed E-state index contributed by atoms with van der Waals surface area (Å²) in [6.07, 6.45) is 5.11. The molecule has 3 unspecified atom stereocenters. The zero-order valence-corrected chi connectivity index (χ0v) is 9.56. The van der Waals surface area contributed by atoms with Gasteiger partial charge < -0.3 is 5.11 Å². The predicted molar refractivity (Wildman–Crippen MR) is 59.4 cm³/mol. The molecule has 1 saturated carbocycles. The third-order valence-corrected chi connectivity index (χ3v) is 3.69. The van der Waals surface area contributed by atoms with E-state index in [0.29, 0.717) is 11.8 Å². The van der Waals surface area contributed by atoms with Crippen LogP contribution in [0.4, 0.5) is 0 Å². The van der Waals surface area contributed by atoms with E-state index in [1.807, 2.05) is 10.7 Å². The molecule has 0 saturated heterocycles. The van der Waals surface area contributed by atoms with Crippen molar-refractivity contribution in [2.45, 2.75) is 45.8 Å². The second-order valence-electron chi connectivity index (χ2n) is 4.59. The van der Waals surface area contributed by atoms with E-state index < -0.39 is 0 Å². The summed E-state index contributed by atoms with van der Waals surface area (Å²) in [5, 5.41) is 14.5. The number of aromatic nitrogens is 2. The van der Waals surface area contributed by atoms with Crippen molar-refractivity contribution in [3.63, 3.8) is 0 Å². The second kappa shape index (κ2) is 4.35. The molecule has 1 heterocycles. The molecule has 84 valence electrons. The lowest BCUT2D eigenvalue weighted by Crippen LogP contribution is -2.18. The van der Waals surface area contributed by atoms with Crippen LogP contribution in [0.25, 0.3) is 0 Å². The largest absolute Gasteiger partial charge is 0.387 e. The first-order valence-electron chi connectivity index (χ1n) is 5.93. The summed E-state index contributed by atoms with van der Waals surface area (Å²) in [5.41, 5.74) is 0.983. The van der Waals surface area contributed by atoms with Crippen LogP contribution in [0.5, 0.6) is 0 Å². The normalized spacial score (nSPS) is 28.2. The van der Waals surface area contributed by atoms with E-state index >= 15 is 0 Å². The van der Waals surface area contributed by atoms with E-state index in [-0.39, 0.29) is 6.10 Å². The molecule has 15 heavy (non-hydrogen) atoms. The molecule has 1 aliphatic carbocycles. The number of aryl methyl sites for hydroxylation is 1. The molecule has 1 N–H and O–H groups in total. The van der Waals surface area contributed by atoms with Crippen LogP contribution in [-0.4, -0.2) is 14.9 Å². The van der Waals surface area contributed by atoms with Gasteiger partial charge in [-0.15, -0.1) is 0 Å². The highest BCUT2D eigenvalue weighted by Gasteiger charge is 2.31. The first kappa shape index (κ1) is 10.7. The number of rotatable bonds is 3. The van der Waals surface area contributed by atoms with E-state index in [1.165, 1.54) is 12.8 Å². The summed E-state index contributed by atoms with van der Waals surface area (Å²) in [7, 11) is 0. The maximum Gasteiger partial charge on any atom is 0.0987 e. The number of aliphatic hydroxyl groups is 1. The fraction of sp³-hybridized carbons (Fsp3) is 0.750. The highest BCUT2D eigenvalue weighted by atomic mass is 16.3. The molecular weight excluding hydrogens is 188 g/mol. The van der Waals surface area contributed by atoms with Gasteiger partial charge in [0, 0.05) is 12.7 Å². The molecule has 0 amide bonds. The van der Waals surface area contributed by atoms with E-state index in [0.717, 1.165) is 18.7 Å². The van der Waals surface area contributed by atoms with Gasteiger partial charge in [-0.3, -0.25) is 4.68 Å². The summed E-state index contributed by atoms with van der Waals surface area (Å²) in [6.45, 7) is 5.13. The van der Waals surface area contributed by atoms with Crippen LogP contribution in [-0.2, 0) is 6.54 Å². The Labute approximate surface area is 91.1 Å². The summed E-state index contributed by atoms with van der Waals surface area (Å²) in [5.74, 6) is 1.06. The summed E-state index contributed by atoms with van der Waals surface area (Å²) in [6, 6.07) is 1.94. The molecule has 1 fully saturated rings. The van der Waals surface area contributed by atoms with Gasteiger partial charge in [0.1, 0.15) is 0 Å². The lowest BCUT2D eigenvalue weighted by molar-refractivity contribution is 0.0817. The molecule has 3 nitrogen and oxygen atoms in total. The van der Waals surface area contributed by atoms with Crippen molar-refractivity contribution in [2.24, 2.45) is 11.8 Å². The molecule has 2 rings (SSSR count). The van der Waals surface area contributed by atoms with Gasteiger partial charge in [0.15, 0.2) is 0 Å². The number of aliphatic hydroxyl groups excluding tert-OH is 1. The van der Waals surface area contributed by atoms with Crippen LogP contribution in [0, 0.1) is 11.8 Å². The van der Waals surface area contributed by atoms with E-state index in [1.54, 1.807) is 6.20 Å². The quantitative estimate of drug-likeness (QED) is 0.828. The highest BCUT2D eigenvalue weighted by Crippen LogP contribution is 2.39. The van der Waals surface area contributed by atoms with Crippen LogP contribution in [0.3, 0.4) is 0 Å². The number of nitrogens with zero attached hydrogens (tertiary/aromatic N) is 2. The van der Waals surface area contributed by atoms with Crippen LogP contribution in [0.2, 0.25) is 0 Å². The second-order valence-corrected chi connectivity index (χ2v) is 4.59. The first-order chi connectivity index (χ1) is 7.24. The van der Waals surface area contributed by atoms with Crippen molar-refractivity contribution in [1.82, 2.24) is 9.78 Å². The first-order valence-corrected chi connectivity index (χ1v) is 5.93. The number of hydrogen-bond acceptors (Lipinski definition) is 2. The van der Waals surface area contributed by atoms with Gasteiger partial charge in [-0.2, -0.15) is 5.10 Å². The molecule has 3 atom stereocenters. The number of hydrogen-bond donors (Lipinski definition) is 1. The van der Waals surface area contributed by atoms with Crippen LogP contribution in [0.15, 0.2) is 12.3 Å². The topological polar surface area (TPSA) is 38.0 Å². The molecule has 1 aromatic heterocycles. The Morgan fingerprint density at radius 3 is 3.00 bits per heavy atom. The standard InChI is InChI=1S/C12H20N2O/c1-3-14-11(7-8-13-14)12(15)10-6-4-5-9(10)2/h7-10,12,15H,3-6H2,1-2H3. The molecule has 1 aliphatic rings. The summed E-state index contributed by atoms with van der Waals surface area (Å²) < 4.78 is 1.90. The minimum Gasteiger partial charge on any atom is -0.387 e. The van der Waals surface area contributed by atoms with Gasteiger partial charge in [0.2, 0.25) is 0 Å². The maximum atomic E-state index is 10.3. The van der Waals surface area contributed by atoms with E-state index in [4.69, 9.17) is 0 Å². The van der Waals surface area contributed by atoms with Gasteiger partial charge in [-0.05, 0) is 31.2 Å². The maximum absolute atomic E-state index is 10.3. The van der Waals surface area contributed by atoms with Crippen LogP contribution in [0.1, 0.15) is 44.9 Å². The SMILES string of the molecule is CCn1nccc1C(O)C1CCCC1C. The molecule has 0 spiro atoms. The van der Waals surface area contributed by atoms with Crippen LogP contribution >= 0.6 is 0 Å². The Hall–Kier alpha value is -0.830. The smallest absolute Gasteiger partial charge is 0.0987 e. The molecule has 0 radical (unpaired) electrons. The monoisotopic (exact) mass is 208 g/mol. The fourth-order valence-electron chi connectivity index (χ4n) is 2.72. The van der Waals surface area contributed by atoms with Gasteiger partial charge in [0.05, 0.1) is 11.8 Å². The zero-order valence-electron chi connectivity index (χ0n) is 9.56. The van der Waals surface area contributed by atoms with Gasteiger partial charge in [-0.1, -0.05) is 19.8 Å². The lowest BCUT2D eigenvalue weighted by Gasteiger charge is -2.22. The minimum atomic E-state index is -0.329. The van der Waals surface area contributed by atoms with Crippen molar-refractivity contribution < 1.29 is 5.11 Å². The van der Waals surface area contributed by atoms with Crippen LogP contribution < -0.4 is 0 Å². The van der Waals surface area contributed by atoms with E-state index in [2.05, 4.69) is 18.9 Å². The third kappa shape index (κ3) is 1.93. The minimum absolute atomic E-state index is 0.329. The molecule has 3 heteroatoms. The van der Waals surface area contributed by atoms with Crippen molar-refractivity contribution in [3.05, 3.63) is 18.0 Å². The summed E-state index contributed by atoms with van der Waals surface area (Å²) >= 11 is 0. The van der Waals surface area contributed by atoms with Crippen molar-refractivity contribution in [1.29, 1.82) is 0 Å². The van der Waals surface area contributed by atoms with Gasteiger partial charge >= 0.3 is 0 Å². The molecule has 1 aromatic rings. The zero-order chi connectivity index (χ0) is 10.8. The predicted octanol–water partition coefficient (Wildman–Crippen LogP) is 2.37. The lowest BCUT2D eigenvalue weighted by atomic mass is 9.90. The molecule has 0 bridgehead atoms.